The summed E-state index contributed by atoms with van der Waals surface area (Å²) in [5.41, 5.74) is 2.38. The van der Waals surface area contributed by atoms with Gasteiger partial charge in [0.05, 0.1) is 17.3 Å². The van der Waals surface area contributed by atoms with Gasteiger partial charge in [0.15, 0.2) is 0 Å². The average Bonchev–Trinajstić information content (AvgIpc) is 3.45. The number of amides is 1. The van der Waals surface area contributed by atoms with Crippen LogP contribution in [0.15, 0.2) is 46.3 Å². The predicted octanol–water partition coefficient (Wildman–Crippen LogP) is 3.99. The van der Waals surface area contributed by atoms with E-state index in [9.17, 15) is 4.79 Å². The van der Waals surface area contributed by atoms with E-state index in [0.29, 0.717) is 18.3 Å². The van der Waals surface area contributed by atoms with Crippen LogP contribution >= 0.6 is 11.3 Å². The summed E-state index contributed by atoms with van der Waals surface area (Å²) in [6.45, 7) is 3.12. The molecule has 6 nitrogen and oxygen atoms in total. The van der Waals surface area contributed by atoms with Gasteiger partial charge in [0, 0.05) is 18.8 Å². The van der Waals surface area contributed by atoms with Gasteiger partial charge in [-0.2, -0.15) is 4.98 Å². The summed E-state index contributed by atoms with van der Waals surface area (Å²) in [5.74, 6) is 1.54. The molecule has 5 rings (SSSR count). The quantitative estimate of drug-likeness (QED) is 0.653. The molecule has 3 aromatic rings. The van der Waals surface area contributed by atoms with E-state index < -0.39 is 0 Å². The molecule has 0 aliphatic carbocycles. The van der Waals surface area contributed by atoms with Crippen molar-refractivity contribution in [2.45, 2.75) is 32.2 Å². The van der Waals surface area contributed by atoms with E-state index in [1.54, 1.807) is 11.3 Å². The zero-order valence-corrected chi connectivity index (χ0v) is 17.1. The van der Waals surface area contributed by atoms with Crippen molar-refractivity contribution in [3.8, 4) is 10.7 Å². The van der Waals surface area contributed by atoms with Crippen molar-refractivity contribution in [3.63, 3.8) is 0 Å². The minimum absolute atomic E-state index is 0.0228. The number of likely N-dealkylation sites (tertiary alicyclic amines) is 1. The highest BCUT2D eigenvalue weighted by Gasteiger charge is 2.32. The highest BCUT2D eigenvalue weighted by atomic mass is 32.1. The molecular formula is C22H24N4O2S. The topological polar surface area (TPSA) is 62.5 Å². The molecule has 0 N–H and O–H groups in total. The minimum Gasteiger partial charge on any atom is -0.338 e. The molecule has 1 aromatic carbocycles. The van der Waals surface area contributed by atoms with Crippen LogP contribution in [0.1, 0.15) is 30.7 Å². The molecule has 2 aromatic heterocycles. The van der Waals surface area contributed by atoms with Crippen LogP contribution in [-0.4, -0.2) is 40.6 Å². The number of piperidine rings is 1. The Labute approximate surface area is 174 Å². The Hall–Kier alpha value is -2.51. The molecule has 2 aliphatic heterocycles. The fourth-order valence-electron chi connectivity index (χ4n) is 4.40. The second-order valence-corrected chi connectivity index (χ2v) is 8.73. The van der Waals surface area contributed by atoms with Gasteiger partial charge >= 0.3 is 0 Å². The SMILES string of the molecule is O=C(C1CCCN(Cc2nc(-c3cccs3)no2)C1)N1CCCc2ccccc21. The van der Waals surface area contributed by atoms with Gasteiger partial charge in [0.2, 0.25) is 17.6 Å². The second-order valence-electron chi connectivity index (χ2n) is 7.79. The first kappa shape index (κ1) is 18.5. The first-order valence-corrected chi connectivity index (χ1v) is 11.1. The van der Waals surface area contributed by atoms with Crippen LogP contribution in [0.2, 0.25) is 0 Å². The van der Waals surface area contributed by atoms with Crippen LogP contribution in [0.5, 0.6) is 0 Å². The van der Waals surface area contributed by atoms with Crippen molar-refractivity contribution >= 4 is 22.9 Å². The Balaban J connectivity index is 1.26. The molecule has 1 fully saturated rings. The summed E-state index contributed by atoms with van der Waals surface area (Å²) in [4.78, 5) is 23.1. The summed E-state index contributed by atoms with van der Waals surface area (Å²) in [7, 11) is 0. The van der Waals surface area contributed by atoms with Crippen molar-refractivity contribution < 1.29 is 9.32 Å². The Kier molecular flexibility index (Phi) is 5.16. The molecule has 4 heterocycles. The van der Waals surface area contributed by atoms with Crippen molar-refractivity contribution in [2.24, 2.45) is 5.92 Å². The van der Waals surface area contributed by atoms with Crippen LogP contribution in [0.4, 0.5) is 5.69 Å². The molecule has 0 saturated carbocycles. The van der Waals surface area contributed by atoms with E-state index >= 15 is 0 Å². The molecule has 0 spiro atoms. The third-order valence-corrected chi connectivity index (χ3v) is 6.67. The molecule has 1 unspecified atom stereocenters. The molecule has 0 radical (unpaired) electrons. The van der Waals surface area contributed by atoms with Gasteiger partial charge < -0.3 is 9.42 Å². The monoisotopic (exact) mass is 408 g/mol. The predicted molar refractivity (Wildman–Crippen MR) is 113 cm³/mol. The summed E-state index contributed by atoms with van der Waals surface area (Å²) in [6, 6.07) is 12.3. The number of rotatable bonds is 4. The van der Waals surface area contributed by atoms with Gasteiger partial charge in [-0.25, -0.2) is 0 Å². The lowest BCUT2D eigenvalue weighted by molar-refractivity contribution is -0.124. The molecule has 1 atom stereocenters. The number of aromatic nitrogens is 2. The van der Waals surface area contributed by atoms with Crippen LogP contribution in [0, 0.1) is 5.92 Å². The molecule has 1 saturated heterocycles. The van der Waals surface area contributed by atoms with Gasteiger partial charge in [0.25, 0.3) is 0 Å². The zero-order valence-electron chi connectivity index (χ0n) is 16.3. The second kappa shape index (κ2) is 8.08. The normalized spacial score (nSPS) is 19.9. The van der Waals surface area contributed by atoms with E-state index in [0.717, 1.165) is 55.9 Å². The lowest BCUT2D eigenvalue weighted by Gasteiger charge is -2.36. The number of nitrogens with zero attached hydrogens (tertiary/aromatic N) is 4. The third-order valence-electron chi connectivity index (χ3n) is 5.80. The number of carbonyl (C=O) groups excluding carboxylic acids is 1. The Morgan fingerprint density at radius 3 is 3.00 bits per heavy atom. The molecular weight excluding hydrogens is 384 g/mol. The van der Waals surface area contributed by atoms with E-state index in [1.807, 2.05) is 28.5 Å². The fraction of sp³-hybridized carbons (Fsp3) is 0.409. The minimum atomic E-state index is 0.0228. The Morgan fingerprint density at radius 2 is 2.10 bits per heavy atom. The largest absolute Gasteiger partial charge is 0.338 e. The molecule has 0 bridgehead atoms. The van der Waals surface area contributed by atoms with Gasteiger partial charge in [0.1, 0.15) is 0 Å². The number of fused-ring (bicyclic) bond motifs is 1. The van der Waals surface area contributed by atoms with Gasteiger partial charge in [-0.05, 0) is 55.3 Å². The van der Waals surface area contributed by atoms with Crippen LogP contribution in [0.25, 0.3) is 10.7 Å². The zero-order chi connectivity index (χ0) is 19.6. The smallest absolute Gasteiger partial charge is 0.241 e. The number of carbonyl (C=O) groups is 1. The molecule has 2 aliphatic rings. The maximum Gasteiger partial charge on any atom is 0.241 e. The van der Waals surface area contributed by atoms with Gasteiger partial charge in [-0.1, -0.05) is 29.4 Å². The van der Waals surface area contributed by atoms with Crippen molar-refractivity contribution in [3.05, 3.63) is 53.2 Å². The van der Waals surface area contributed by atoms with E-state index in [-0.39, 0.29) is 11.8 Å². The van der Waals surface area contributed by atoms with Crippen molar-refractivity contribution in [2.75, 3.05) is 24.5 Å². The number of aryl methyl sites for hydroxylation is 1. The fourth-order valence-corrected chi connectivity index (χ4v) is 5.05. The standard InChI is InChI=1S/C22H24N4O2S/c27-22(26-12-4-7-16-6-1-2-9-18(16)26)17-8-3-11-25(14-17)15-20-23-21(24-28-20)19-10-5-13-29-19/h1-2,5-6,9-10,13,17H,3-4,7-8,11-12,14-15H2. The number of hydrogen-bond acceptors (Lipinski definition) is 6. The summed E-state index contributed by atoms with van der Waals surface area (Å²) in [5, 5.41) is 6.10. The first-order valence-electron chi connectivity index (χ1n) is 10.3. The van der Waals surface area contributed by atoms with Crippen LogP contribution < -0.4 is 4.90 Å². The van der Waals surface area contributed by atoms with Crippen molar-refractivity contribution in [1.82, 2.24) is 15.0 Å². The van der Waals surface area contributed by atoms with Crippen LogP contribution in [0.3, 0.4) is 0 Å². The summed E-state index contributed by atoms with van der Waals surface area (Å²) < 4.78 is 5.46. The van der Waals surface area contributed by atoms with E-state index in [1.165, 1.54) is 5.56 Å². The first-order chi connectivity index (χ1) is 14.3. The summed E-state index contributed by atoms with van der Waals surface area (Å²) >= 11 is 1.60. The number of para-hydroxylation sites is 1. The highest BCUT2D eigenvalue weighted by Crippen LogP contribution is 2.30. The lowest BCUT2D eigenvalue weighted by atomic mass is 9.94. The van der Waals surface area contributed by atoms with E-state index in [4.69, 9.17) is 4.52 Å². The van der Waals surface area contributed by atoms with E-state index in [2.05, 4.69) is 33.2 Å². The number of benzene rings is 1. The lowest BCUT2D eigenvalue weighted by Crippen LogP contribution is -2.46. The Morgan fingerprint density at radius 1 is 1.17 bits per heavy atom. The molecule has 29 heavy (non-hydrogen) atoms. The highest BCUT2D eigenvalue weighted by molar-refractivity contribution is 7.13. The summed E-state index contributed by atoms with van der Waals surface area (Å²) in [6.07, 6.45) is 4.04. The van der Waals surface area contributed by atoms with Crippen LogP contribution in [-0.2, 0) is 17.8 Å². The molecule has 7 heteroatoms. The average molecular weight is 409 g/mol. The maximum atomic E-state index is 13.3. The number of hydrogen-bond donors (Lipinski definition) is 0. The Bertz CT molecular complexity index is 984. The third kappa shape index (κ3) is 3.84. The maximum absolute atomic E-state index is 13.3. The number of thiophene rings is 1. The molecule has 1 amide bonds. The van der Waals surface area contributed by atoms with Gasteiger partial charge in [-0.3, -0.25) is 9.69 Å². The van der Waals surface area contributed by atoms with Gasteiger partial charge in [-0.15, -0.1) is 11.3 Å². The van der Waals surface area contributed by atoms with Crippen molar-refractivity contribution in [1.29, 1.82) is 0 Å². The number of anilines is 1. The molecule has 150 valence electrons.